The summed E-state index contributed by atoms with van der Waals surface area (Å²) in [6.45, 7) is 6.48. The van der Waals surface area contributed by atoms with Crippen molar-refractivity contribution >= 4 is 5.97 Å². The van der Waals surface area contributed by atoms with Crippen LogP contribution in [-0.4, -0.2) is 35.6 Å². The van der Waals surface area contributed by atoms with Gasteiger partial charge in [-0.1, -0.05) is 17.7 Å². The zero-order chi connectivity index (χ0) is 10.6. The van der Waals surface area contributed by atoms with Crippen LogP contribution in [-0.2, 0) is 4.79 Å². The Morgan fingerprint density at radius 2 is 2.43 bits per heavy atom. The number of aliphatic carboxylic acids is 1. The number of carboxylic acid groups (broad SMARTS) is 1. The van der Waals surface area contributed by atoms with Crippen LogP contribution in [0.15, 0.2) is 23.3 Å². The predicted octanol–water partition coefficient (Wildman–Crippen LogP) is 1.67. The number of carbonyl (C=O) groups is 1. The molecule has 3 nitrogen and oxygen atoms in total. The van der Waals surface area contributed by atoms with E-state index in [9.17, 15) is 4.79 Å². The van der Waals surface area contributed by atoms with Gasteiger partial charge in [0.05, 0.1) is 0 Å². The van der Waals surface area contributed by atoms with Gasteiger partial charge < -0.3 is 5.11 Å². The smallest absolute Gasteiger partial charge is 0.330 e. The minimum Gasteiger partial charge on any atom is -0.478 e. The van der Waals surface area contributed by atoms with Crippen LogP contribution < -0.4 is 0 Å². The third-order valence-electron chi connectivity index (χ3n) is 2.51. The van der Waals surface area contributed by atoms with E-state index in [1.165, 1.54) is 5.57 Å². The lowest BCUT2D eigenvalue weighted by Crippen LogP contribution is -2.28. The Morgan fingerprint density at radius 1 is 1.71 bits per heavy atom. The van der Waals surface area contributed by atoms with Crippen LogP contribution in [0.25, 0.3) is 0 Å². The lowest BCUT2D eigenvalue weighted by Gasteiger charge is -2.23. The molecule has 0 saturated carbocycles. The van der Waals surface area contributed by atoms with Crippen LogP contribution in [0.1, 0.15) is 20.3 Å². The van der Waals surface area contributed by atoms with Crippen LogP contribution >= 0.6 is 0 Å². The molecule has 0 amide bonds. The topological polar surface area (TPSA) is 40.5 Å². The van der Waals surface area contributed by atoms with Gasteiger partial charge in [0.2, 0.25) is 0 Å². The van der Waals surface area contributed by atoms with Gasteiger partial charge in [0, 0.05) is 25.2 Å². The monoisotopic (exact) mass is 195 g/mol. The summed E-state index contributed by atoms with van der Waals surface area (Å²) in [7, 11) is 0. The van der Waals surface area contributed by atoms with Crippen molar-refractivity contribution in [2.24, 2.45) is 0 Å². The highest BCUT2D eigenvalue weighted by Gasteiger charge is 2.08. The van der Waals surface area contributed by atoms with Gasteiger partial charge in [-0.05, 0) is 20.3 Å². The molecule has 1 aliphatic rings. The lowest BCUT2D eigenvalue weighted by molar-refractivity contribution is -0.132. The number of rotatable bonds is 3. The average molecular weight is 195 g/mol. The molecule has 14 heavy (non-hydrogen) atoms. The third-order valence-corrected chi connectivity index (χ3v) is 2.51. The molecule has 0 bridgehead atoms. The molecular weight excluding hydrogens is 178 g/mol. The summed E-state index contributed by atoms with van der Waals surface area (Å²) in [4.78, 5) is 12.8. The zero-order valence-corrected chi connectivity index (χ0v) is 8.79. The van der Waals surface area contributed by atoms with Gasteiger partial charge in [0.15, 0.2) is 0 Å². The Bertz CT molecular complexity index is 279. The Kier molecular flexibility index (Phi) is 3.89. The minimum absolute atomic E-state index is 0.427. The van der Waals surface area contributed by atoms with Crippen LogP contribution in [0.5, 0.6) is 0 Å². The van der Waals surface area contributed by atoms with Gasteiger partial charge >= 0.3 is 5.97 Å². The first kappa shape index (κ1) is 11.0. The van der Waals surface area contributed by atoms with E-state index in [2.05, 4.69) is 17.9 Å². The van der Waals surface area contributed by atoms with Crippen LogP contribution in [0, 0.1) is 0 Å². The summed E-state index contributed by atoms with van der Waals surface area (Å²) in [5, 5.41) is 8.65. The summed E-state index contributed by atoms with van der Waals surface area (Å²) in [6, 6.07) is 0. The quantitative estimate of drug-likeness (QED) is 0.550. The second-order valence-corrected chi connectivity index (χ2v) is 3.75. The van der Waals surface area contributed by atoms with Gasteiger partial charge in [-0.2, -0.15) is 0 Å². The first-order chi connectivity index (χ1) is 6.59. The largest absolute Gasteiger partial charge is 0.478 e. The maximum absolute atomic E-state index is 10.5. The summed E-state index contributed by atoms with van der Waals surface area (Å²) >= 11 is 0. The van der Waals surface area contributed by atoms with Gasteiger partial charge in [-0.25, -0.2) is 4.79 Å². The zero-order valence-electron chi connectivity index (χ0n) is 8.79. The van der Waals surface area contributed by atoms with Crippen molar-refractivity contribution in [3.05, 3.63) is 23.3 Å². The highest BCUT2D eigenvalue weighted by molar-refractivity contribution is 5.85. The number of hydrogen-bond donors (Lipinski definition) is 1. The molecule has 78 valence electrons. The Hall–Kier alpha value is -1.09. The van der Waals surface area contributed by atoms with Crippen molar-refractivity contribution in [2.75, 3.05) is 19.6 Å². The van der Waals surface area contributed by atoms with E-state index in [-0.39, 0.29) is 0 Å². The third kappa shape index (κ3) is 3.34. The van der Waals surface area contributed by atoms with Crippen LogP contribution in [0.4, 0.5) is 0 Å². The van der Waals surface area contributed by atoms with Crippen molar-refractivity contribution in [1.29, 1.82) is 0 Å². The summed E-state index contributed by atoms with van der Waals surface area (Å²) in [5.74, 6) is -0.825. The molecule has 0 aromatic carbocycles. The molecule has 0 aromatic heterocycles. The first-order valence-corrected chi connectivity index (χ1v) is 4.87. The van der Waals surface area contributed by atoms with E-state index in [0.717, 1.165) is 26.1 Å². The van der Waals surface area contributed by atoms with E-state index in [1.54, 1.807) is 13.0 Å². The predicted molar refractivity (Wildman–Crippen MR) is 56.2 cm³/mol. The highest BCUT2D eigenvalue weighted by Crippen LogP contribution is 2.09. The second kappa shape index (κ2) is 4.96. The van der Waals surface area contributed by atoms with Crippen molar-refractivity contribution in [1.82, 2.24) is 4.90 Å². The normalized spacial score (nSPS) is 19.3. The van der Waals surface area contributed by atoms with Crippen LogP contribution in [0.3, 0.4) is 0 Å². The standard InChI is InChI=1S/C11H17NO2/c1-9-3-6-12(7-4-9)8-5-10(2)11(13)14/h3,5H,4,6-8H2,1-2H3,(H,13,14)/b10-5+. The molecule has 0 unspecified atom stereocenters. The molecule has 0 aromatic rings. The fourth-order valence-electron chi connectivity index (χ4n) is 1.33. The molecule has 0 radical (unpaired) electrons. The van der Waals surface area contributed by atoms with Gasteiger partial charge in [-0.3, -0.25) is 4.90 Å². The molecule has 1 N–H and O–H groups in total. The SMILES string of the molecule is CC1=CCN(C/C=C(\C)C(=O)O)CC1. The number of nitrogens with zero attached hydrogens (tertiary/aromatic N) is 1. The molecule has 1 heterocycles. The van der Waals surface area contributed by atoms with E-state index in [0.29, 0.717) is 5.57 Å². The van der Waals surface area contributed by atoms with E-state index < -0.39 is 5.97 Å². The maximum Gasteiger partial charge on any atom is 0.330 e. The molecule has 3 heteroatoms. The van der Waals surface area contributed by atoms with Crippen LogP contribution in [0.2, 0.25) is 0 Å². The maximum atomic E-state index is 10.5. The fraction of sp³-hybridized carbons (Fsp3) is 0.545. The molecule has 0 aliphatic carbocycles. The average Bonchev–Trinajstić information content (AvgIpc) is 2.16. The second-order valence-electron chi connectivity index (χ2n) is 3.75. The molecule has 0 spiro atoms. The molecule has 1 rings (SSSR count). The summed E-state index contributed by atoms with van der Waals surface area (Å²) < 4.78 is 0. The van der Waals surface area contributed by atoms with Crippen molar-refractivity contribution < 1.29 is 9.90 Å². The number of carboxylic acids is 1. The molecule has 0 saturated heterocycles. The fourth-order valence-corrected chi connectivity index (χ4v) is 1.33. The van der Waals surface area contributed by atoms with Gasteiger partial charge in [-0.15, -0.1) is 0 Å². The Balaban J connectivity index is 2.40. The Morgan fingerprint density at radius 3 is 2.93 bits per heavy atom. The summed E-state index contributed by atoms with van der Waals surface area (Å²) in [6.07, 6.45) is 5.07. The lowest BCUT2D eigenvalue weighted by atomic mass is 10.1. The molecule has 0 fully saturated rings. The van der Waals surface area contributed by atoms with Crippen molar-refractivity contribution in [3.8, 4) is 0 Å². The van der Waals surface area contributed by atoms with E-state index in [4.69, 9.17) is 5.11 Å². The highest BCUT2D eigenvalue weighted by atomic mass is 16.4. The van der Waals surface area contributed by atoms with Gasteiger partial charge in [0.25, 0.3) is 0 Å². The minimum atomic E-state index is -0.825. The summed E-state index contributed by atoms with van der Waals surface area (Å²) in [5.41, 5.74) is 1.86. The number of hydrogen-bond acceptors (Lipinski definition) is 2. The van der Waals surface area contributed by atoms with Crippen molar-refractivity contribution in [3.63, 3.8) is 0 Å². The van der Waals surface area contributed by atoms with Crippen molar-refractivity contribution in [2.45, 2.75) is 20.3 Å². The molecule has 1 aliphatic heterocycles. The Labute approximate surface area is 84.7 Å². The van der Waals surface area contributed by atoms with E-state index >= 15 is 0 Å². The molecule has 0 atom stereocenters. The van der Waals surface area contributed by atoms with E-state index in [1.807, 2.05) is 0 Å². The first-order valence-electron chi connectivity index (χ1n) is 4.87. The molecular formula is C11H17NO2. The van der Waals surface area contributed by atoms with Gasteiger partial charge in [0.1, 0.15) is 0 Å².